The monoisotopic (exact) mass is 623 g/mol. The molecule has 0 N–H and O–H groups in total. The molecule has 1 aliphatic heterocycles. The van der Waals surface area contributed by atoms with Crippen molar-refractivity contribution >= 4 is 20.6 Å². The zero-order valence-electron chi connectivity index (χ0n) is 20.3. The molecule has 2 aromatic rings. The average Bonchev–Trinajstić information content (AvgIpc) is 3.23. The summed E-state index contributed by atoms with van der Waals surface area (Å²) in [6.07, 6.45) is 0. The van der Waals surface area contributed by atoms with Crippen LogP contribution in [0.3, 0.4) is 0 Å². The van der Waals surface area contributed by atoms with Gasteiger partial charge in [-0.2, -0.15) is 6.67 Å². The van der Waals surface area contributed by atoms with Crippen molar-refractivity contribution in [1.29, 1.82) is 0 Å². The second kappa shape index (κ2) is 11.8. The van der Waals surface area contributed by atoms with Gasteiger partial charge in [0, 0.05) is 24.5 Å². The summed E-state index contributed by atoms with van der Waals surface area (Å²) < 4.78 is 0. The summed E-state index contributed by atoms with van der Waals surface area (Å²) in [6, 6.07) is 13.7. The zero-order chi connectivity index (χ0) is 23.3. The van der Waals surface area contributed by atoms with Crippen LogP contribution in [0.5, 0.6) is 0 Å². The Morgan fingerprint density at radius 2 is 0.871 bits per heavy atom. The normalized spacial score (nSPS) is 14.2. The van der Waals surface area contributed by atoms with Crippen molar-refractivity contribution in [3.63, 3.8) is 0 Å². The second-order valence-corrected chi connectivity index (χ2v) is 9.69. The Hall–Kier alpha value is -0.930. The van der Waals surface area contributed by atoms with Crippen LogP contribution in [-0.2, 0) is 20.0 Å². The van der Waals surface area contributed by atoms with Gasteiger partial charge in [0.2, 0.25) is 0 Å². The van der Waals surface area contributed by atoms with Crippen molar-refractivity contribution in [1.82, 2.24) is 0 Å². The third-order valence-corrected chi connectivity index (χ3v) is 6.12. The van der Waals surface area contributed by atoms with E-state index >= 15 is 0 Å². The van der Waals surface area contributed by atoms with Gasteiger partial charge in [-0.05, 0) is 45.9 Å². The van der Waals surface area contributed by atoms with E-state index in [1.807, 2.05) is 0 Å². The Kier molecular flexibility index (Phi) is 10.0. The molecule has 176 valence electrons. The summed E-state index contributed by atoms with van der Waals surface area (Å²) in [5.41, 5.74) is 8.67. The number of hydrogen-bond donors (Lipinski definition) is 0. The van der Waals surface area contributed by atoms with Crippen LogP contribution in [0.4, 0.5) is 11.4 Å². The van der Waals surface area contributed by atoms with Gasteiger partial charge >= 0.3 is 29.2 Å². The molecule has 0 aliphatic carbocycles. The molecule has 1 heterocycles. The summed E-state index contributed by atoms with van der Waals surface area (Å²) in [5, 5.41) is 0. The molecule has 0 unspecified atom stereocenters. The molecule has 1 fully saturated rings. The van der Waals surface area contributed by atoms with Gasteiger partial charge < -0.3 is 9.80 Å². The fraction of sp³-hybridized carbons (Fsp3) is 0.519. The summed E-state index contributed by atoms with van der Waals surface area (Å²) in [5.74, 6) is 2.06. The van der Waals surface area contributed by atoms with E-state index in [0.29, 0.717) is 23.7 Å². The molecule has 2 aromatic carbocycles. The summed E-state index contributed by atoms with van der Waals surface area (Å²) in [7, 11) is 4.58. The van der Waals surface area contributed by atoms with Crippen molar-refractivity contribution in [2.45, 2.75) is 79.1 Å². The van der Waals surface area contributed by atoms with E-state index in [1.165, 1.54) is 33.6 Å². The zero-order valence-corrected chi connectivity index (χ0v) is 23.3. The molecule has 0 atom stereocenters. The number of nitrogens with zero attached hydrogens (tertiary/aromatic N) is 2. The molecule has 1 saturated heterocycles. The topological polar surface area (TPSA) is 6.48 Å². The van der Waals surface area contributed by atoms with Gasteiger partial charge in [-0.15, -0.1) is 0 Å². The average molecular weight is 624 g/mol. The fourth-order valence-electron chi connectivity index (χ4n) is 4.53. The number of hydrogen-bond acceptors (Lipinski definition) is 2. The molecule has 3 rings (SSSR count). The first-order valence-corrected chi connectivity index (χ1v) is 14.2. The molecule has 0 radical (unpaired) electrons. The van der Waals surface area contributed by atoms with Gasteiger partial charge in [-0.25, -0.2) is 0 Å². The molecule has 1 aliphatic rings. The molecule has 0 saturated carbocycles. The van der Waals surface area contributed by atoms with E-state index in [2.05, 4.69) is 117 Å². The maximum atomic E-state index is 4.58. The third kappa shape index (κ3) is 5.90. The SMILES string of the molecule is CC(C)c1cccc(C(C)C)c1N1[CH-]N(c2c(C(C)C)cccc2C(C)C)CC1.[Cl][Au]. The molecule has 31 heavy (non-hydrogen) atoms. The molecular weight excluding hydrogens is 585 g/mol. The molecular formula is C27H39AuClN2-. The maximum absolute atomic E-state index is 4.58. The van der Waals surface area contributed by atoms with Gasteiger partial charge in [0.25, 0.3) is 0 Å². The summed E-state index contributed by atoms with van der Waals surface area (Å²) >= 11 is 1.75. The molecule has 0 amide bonds. The van der Waals surface area contributed by atoms with Gasteiger partial charge in [0.05, 0.1) is 0 Å². The van der Waals surface area contributed by atoms with Crippen LogP contribution < -0.4 is 9.80 Å². The third-order valence-electron chi connectivity index (χ3n) is 6.12. The van der Waals surface area contributed by atoms with Crippen molar-refractivity contribution in [3.8, 4) is 0 Å². The van der Waals surface area contributed by atoms with Crippen LogP contribution in [0.15, 0.2) is 36.4 Å². The Bertz CT molecular complexity index is 723. The predicted molar refractivity (Wildman–Crippen MR) is 134 cm³/mol. The Balaban J connectivity index is 0.00000166. The van der Waals surface area contributed by atoms with E-state index in [1.54, 1.807) is 20.0 Å². The number of anilines is 2. The van der Waals surface area contributed by atoms with E-state index in [9.17, 15) is 0 Å². The molecule has 0 bridgehead atoms. The van der Waals surface area contributed by atoms with Crippen LogP contribution in [0.2, 0.25) is 0 Å². The van der Waals surface area contributed by atoms with E-state index < -0.39 is 0 Å². The Morgan fingerprint density at radius 1 is 0.613 bits per heavy atom. The number of para-hydroxylation sites is 2. The van der Waals surface area contributed by atoms with E-state index in [-0.39, 0.29) is 0 Å². The van der Waals surface area contributed by atoms with Crippen LogP contribution in [0, 0.1) is 6.67 Å². The van der Waals surface area contributed by atoms with E-state index in [0.717, 1.165) is 13.1 Å². The molecule has 0 spiro atoms. The van der Waals surface area contributed by atoms with Gasteiger partial charge in [-0.1, -0.05) is 91.8 Å². The first-order chi connectivity index (χ1) is 14.7. The van der Waals surface area contributed by atoms with Crippen molar-refractivity contribution in [2.24, 2.45) is 0 Å². The van der Waals surface area contributed by atoms with Crippen LogP contribution in [0.1, 0.15) is 101 Å². The molecule has 2 nitrogen and oxygen atoms in total. The fourth-order valence-corrected chi connectivity index (χ4v) is 4.53. The van der Waals surface area contributed by atoms with Crippen LogP contribution in [0.25, 0.3) is 0 Å². The summed E-state index contributed by atoms with van der Waals surface area (Å²) in [6.45, 7) is 22.9. The van der Waals surface area contributed by atoms with Crippen molar-refractivity contribution < 1.29 is 20.0 Å². The van der Waals surface area contributed by atoms with Crippen LogP contribution >= 0.6 is 9.19 Å². The first kappa shape index (κ1) is 26.3. The molecule has 4 heteroatoms. The number of rotatable bonds is 6. The quantitative estimate of drug-likeness (QED) is 0.236. The Labute approximate surface area is 207 Å². The van der Waals surface area contributed by atoms with Crippen molar-refractivity contribution in [3.05, 3.63) is 65.3 Å². The molecule has 0 aromatic heterocycles. The predicted octanol–water partition coefficient (Wildman–Crippen LogP) is 8.31. The minimum atomic E-state index is 0.514. The van der Waals surface area contributed by atoms with E-state index in [4.69, 9.17) is 0 Å². The van der Waals surface area contributed by atoms with Crippen LogP contribution in [-0.4, -0.2) is 13.1 Å². The Morgan fingerprint density at radius 3 is 1.10 bits per heavy atom. The van der Waals surface area contributed by atoms with Gasteiger partial charge in [-0.3, -0.25) is 0 Å². The number of benzene rings is 2. The summed E-state index contributed by atoms with van der Waals surface area (Å²) in [4.78, 5) is 5.01. The first-order valence-electron chi connectivity index (χ1n) is 11.5. The van der Waals surface area contributed by atoms with Gasteiger partial charge in [0.1, 0.15) is 0 Å². The number of halogens is 1. The van der Waals surface area contributed by atoms with Gasteiger partial charge in [0.15, 0.2) is 0 Å². The minimum absolute atomic E-state index is 0.514. The standard InChI is InChI=1S/C27H39N2.Au.ClH/c1-18(2)22-11-9-12-23(19(3)4)26(22)28-15-16-29(17-28)27-24(20(5)6)13-10-14-25(27)21(7)8;;/h9-14,17-21H,15-16H2,1-8H3;;1H/q-1;+1;/p-1. The second-order valence-electron chi connectivity index (χ2n) is 9.69. The van der Waals surface area contributed by atoms with Crippen molar-refractivity contribution in [2.75, 3.05) is 22.9 Å².